The highest BCUT2D eigenvalue weighted by molar-refractivity contribution is 6.00. The van der Waals surface area contributed by atoms with Gasteiger partial charge in [0, 0.05) is 84.2 Å². The smallest absolute Gasteiger partial charge is 0.228 e. The van der Waals surface area contributed by atoms with Crippen molar-refractivity contribution in [1.82, 2.24) is 20.0 Å². The number of hydrogen-bond acceptors (Lipinski definition) is 8. The van der Waals surface area contributed by atoms with Crippen molar-refractivity contribution in [2.45, 2.75) is 25.4 Å². The molecule has 2 aromatic rings. The second kappa shape index (κ2) is 11.2. The Morgan fingerprint density at radius 2 is 1.53 bits per heavy atom. The molecule has 5 heterocycles. The third-order valence-electron chi connectivity index (χ3n) is 8.28. The SMILES string of the molecule is O=C(C1CC(=O)N(c2ccccc2)C1)N1CCN(c2ccc(N3CCN(CC4CCCO4)CC3)nn2)CC1. The van der Waals surface area contributed by atoms with E-state index in [1.165, 1.54) is 12.8 Å². The lowest BCUT2D eigenvalue weighted by atomic mass is 10.1. The monoisotopic (exact) mass is 519 g/mol. The molecule has 0 aliphatic carbocycles. The van der Waals surface area contributed by atoms with E-state index < -0.39 is 0 Å². The average molecular weight is 520 g/mol. The normalized spacial score (nSPS) is 24.9. The predicted molar refractivity (Wildman–Crippen MR) is 145 cm³/mol. The van der Waals surface area contributed by atoms with Gasteiger partial charge in [-0.05, 0) is 37.1 Å². The van der Waals surface area contributed by atoms with E-state index in [0.717, 1.165) is 56.7 Å². The molecule has 6 rings (SSSR count). The average Bonchev–Trinajstić information content (AvgIpc) is 3.63. The Morgan fingerprint density at radius 3 is 2.13 bits per heavy atom. The van der Waals surface area contributed by atoms with Gasteiger partial charge >= 0.3 is 0 Å². The number of hydrogen-bond donors (Lipinski definition) is 0. The Kier molecular flexibility index (Phi) is 7.42. The minimum absolute atomic E-state index is 0.0211. The van der Waals surface area contributed by atoms with Gasteiger partial charge in [0.1, 0.15) is 0 Å². The number of piperazine rings is 2. The van der Waals surface area contributed by atoms with E-state index in [1.807, 2.05) is 41.3 Å². The summed E-state index contributed by atoms with van der Waals surface area (Å²) in [5.41, 5.74) is 0.861. The van der Waals surface area contributed by atoms with Crippen LogP contribution in [0.15, 0.2) is 42.5 Å². The third-order valence-corrected chi connectivity index (χ3v) is 8.28. The van der Waals surface area contributed by atoms with Crippen LogP contribution in [0.1, 0.15) is 19.3 Å². The Morgan fingerprint density at radius 1 is 0.868 bits per heavy atom. The maximum absolute atomic E-state index is 13.2. The van der Waals surface area contributed by atoms with Crippen molar-refractivity contribution in [3.05, 3.63) is 42.5 Å². The third kappa shape index (κ3) is 5.47. The number of aromatic nitrogens is 2. The van der Waals surface area contributed by atoms with Gasteiger partial charge in [0.05, 0.1) is 12.0 Å². The molecule has 4 fully saturated rings. The van der Waals surface area contributed by atoms with Gasteiger partial charge in [0.25, 0.3) is 0 Å². The number of carbonyl (C=O) groups is 2. The molecule has 1 aromatic carbocycles. The molecule has 0 radical (unpaired) electrons. The number of amides is 2. The molecule has 4 aliphatic rings. The van der Waals surface area contributed by atoms with Crippen molar-refractivity contribution in [3.63, 3.8) is 0 Å². The Labute approximate surface area is 224 Å². The summed E-state index contributed by atoms with van der Waals surface area (Å²) in [6, 6.07) is 13.7. The fraction of sp³-hybridized carbons (Fsp3) is 0.571. The summed E-state index contributed by atoms with van der Waals surface area (Å²) in [7, 11) is 0. The molecule has 10 heteroatoms. The summed E-state index contributed by atoms with van der Waals surface area (Å²) in [5.74, 6) is 1.60. The molecule has 0 spiro atoms. The van der Waals surface area contributed by atoms with E-state index in [1.54, 1.807) is 4.90 Å². The molecule has 0 N–H and O–H groups in total. The van der Waals surface area contributed by atoms with E-state index in [2.05, 4.69) is 31.0 Å². The molecule has 202 valence electrons. The zero-order valence-electron chi connectivity index (χ0n) is 22.0. The van der Waals surface area contributed by atoms with E-state index in [9.17, 15) is 9.59 Å². The zero-order chi connectivity index (χ0) is 25.9. The van der Waals surface area contributed by atoms with Gasteiger partial charge in [-0.2, -0.15) is 0 Å². The first-order valence-corrected chi connectivity index (χ1v) is 14.0. The van der Waals surface area contributed by atoms with E-state index in [-0.39, 0.29) is 24.2 Å². The first kappa shape index (κ1) is 25.1. The predicted octanol–water partition coefficient (Wildman–Crippen LogP) is 1.48. The van der Waals surface area contributed by atoms with Gasteiger partial charge in [0.2, 0.25) is 11.8 Å². The molecular weight excluding hydrogens is 482 g/mol. The second-order valence-corrected chi connectivity index (χ2v) is 10.7. The minimum Gasteiger partial charge on any atom is -0.377 e. The van der Waals surface area contributed by atoms with Crippen molar-refractivity contribution in [3.8, 4) is 0 Å². The molecule has 4 saturated heterocycles. The number of anilines is 3. The van der Waals surface area contributed by atoms with Gasteiger partial charge in [-0.15, -0.1) is 10.2 Å². The van der Waals surface area contributed by atoms with Gasteiger partial charge in [-0.3, -0.25) is 14.5 Å². The molecule has 10 nitrogen and oxygen atoms in total. The number of ether oxygens (including phenoxy) is 1. The lowest BCUT2D eigenvalue weighted by Crippen LogP contribution is -2.51. The molecule has 1 aromatic heterocycles. The van der Waals surface area contributed by atoms with Crippen molar-refractivity contribution >= 4 is 29.1 Å². The molecule has 0 saturated carbocycles. The summed E-state index contributed by atoms with van der Waals surface area (Å²) in [5, 5.41) is 9.06. The maximum atomic E-state index is 13.2. The van der Waals surface area contributed by atoms with Crippen LogP contribution >= 0.6 is 0 Å². The van der Waals surface area contributed by atoms with Crippen LogP contribution in [0.5, 0.6) is 0 Å². The number of rotatable bonds is 6. The summed E-state index contributed by atoms with van der Waals surface area (Å²) < 4.78 is 5.79. The molecule has 2 unspecified atom stereocenters. The van der Waals surface area contributed by atoms with Crippen molar-refractivity contribution < 1.29 is 14.3 Å². The van der Waals surface area contributed by atoms with Crippen LogP contribution in [0.3, 0.4) is 0 Å². The highest BCUT2D eigenvalue weighted by Crippen LogP contribution is 2.27. The van der Waals surface area contributed by atoms with Crippen LogP contribution in [-0.2, 0) is 14.3 Å². The highest BCUT2D eigenvalue weighted by Gasteiger charge is 2.38. The lowest BCUT2D eigenvalue weighted by Gasteiger charge is -2.37. The number of carbonyl (C=O) groups excluding carboxylic acids is 2. The number of nitrogens with zero attached hydrogens (tertiary/aromatic N) is 7. The quantitative estimate of drug-likeness (QED) is 0.568. The first-order valence-electron chi connectivity index (χ1n) is 14.0. The summed E-state index contributed by atoms with van der Waals surface area (Å²) in [6.45, 7) is 9.04. The Hall–Kier alpha value is -3.24. The minimum atomic E-state index is -0.278. The van der Waals surface area contributed by atoms with Crippen molar-refractivity contribution in [1.29, 1.82) is 0 Å². The van der Waals surface area contributed by atoms with Gasteiger partial charge in [-0.25, -0.2) is 0 Å². The van der Waals surface area contributed by atoms with Gasteiger partial charge in [-0.1, -0.05) is 18.2 Å². The number of benzene rings is 1. The summed E-state index contributed by atoms with van der Waals surface area (Å²) >= 11 is 0. The van der Waals surface area contributed by atoms with Gasteiger partial charge in [0.15, 0.2) is 11.6 Å². The van der Waals surface area contributed by atoms with E-state index in [4.69, 9.17) is 4.74 Å². The van der Waals surface area contributed by atoms with Crippen LogP contribution in [0.25, 0.3) is 0 Å². The molecule has 0 bridgehead atoms. The van der Waals surface area contributed by atoms with Crippen LogP contribution in [-0.4, -0.2) is 110 Å². The zero-order valence-corrected chi connectivity index (χ0v) is 22.0. The van der Waals surface area contributed by atoms with Crippen LogP contribution < -0.4 is 14.7 Å². The lowest BCUT2D eigenvalue weighted by molar-refractivity contribution is -0.136. The van der Waals surface area contributed by atoms with E-state index in [0.29, 0.717) is 38.8 Å². The van der Waals surface area contributed by atoms with Crippen LogP contribution in [0.4, 0.5) is 17.3 Å². The van der Waals surface area contributed by atoms with Gasteiger partial charge < -0.3 is 24.3 Å². The molecule has 4 aliphatic heterocycles. The summed E-state index contributed by atoms with van der Waals surface area (Å²) in [4.78, 5) is 36.4. The van der Waals surface area contributed by atoms with Crippen molar-refractivity contribution in [2.24, 2.45) is 5.92 Å². The second-order valence-electron chi connectivity index (χ2n) is 10.7. The topological polar surface area (TPSA) is 85.4 Å². The Bertz CT molecular complexity index is 1090. The highest BCUT2D eigenvalue weighted by atomic mass is 16.5. The molecular formula is C28H37N7O3. The number of para-hydroxylation sites is 1. The molecule has 2 amide bonds. The Balaban J connectivity index is 0.971. The van der Waals surface area contributed by atoms with Crippen LogP contribution in [0.2, 0.25) is 0 Å². The van der Waals surface area contributed by atoms with E-state index >= 15 is 0 Å². The standard InChI is InChI=1S/C28H37N7O3/c36-27-19-22(20-35(27)23-5-2-1-3-6-23)28(37)34-16-14-33(15-17-34)26-9-8-25(29-30-26)32-12-10-31(11-13-32)21-24-7-4-18-38-24/h1-3,5-6,8-9,22,24H,4,7,10-21H2. The fourth-order valence-corrected chi connectivity index (χ4v) is 6.04. The first-order chi connectivity index (χ1) is 18.6. The molecule has 2 atom stereocenters. The summed E-state index contributed by atoms with van der Waals surface area (Å²) in [6.07, 6.45) is 3.06. The van der Waals surface area contributed by atoms with Crippen LogP contribution in [0, 0.1) is 5.92 Å². The maximum Gasteiger partial charge on any atom is 0.228 e. The fourth-order valence-electron chi connectivity index (χ4n) is 6.04. The molecule has 38 heavy (non-hydrogen) atoms. The van der Waals surface area contributed by atoms with Crippen molar-refractivity contribution in [2.75, 3.05) is 86.8 Å². The largest absolute Gasteiger partial charge is 0.377 e.